The second kappa shape index (κ2) is 10.3. The molecule has 36 heavy (non-hydrogen) atoms. The van der Waals surface area contributed by atoms with Gasteiger partial charge in [-0.15, -0.1) is 0 Å². The van der Waals surface area contributed by atoms with Gasteiger partial charge in [-0.3, -0.25) is 30.7 Å². The van der Waals surface area contributed by atoms with Gasteiger partial charge in [0, 0.05) is 37.2 Å². The summed E-state index contributed by atoms with van der Waals surface area (Å²) in [6, 6.07) is 12.7. The smallest absolute Gasteiger partial charge is 0.355 e. The number of hydrazine groups is 1. The van der Waals surface area contributed by atoms with Crippen LogP contribution in [0.4, 0.5) is 17.3 Å². The molecule has 2 aliphatic heterocycles. The van der Waals surface area contributed by atoms with E-state index < -0.39 is 10.8 Å². The molecule has 0 atom stereocenters. The van der Waals surface area contributed by atoms with Gasteiger partial charge in [-0.05, 0) is 45.8 Å². The zero-order valence-corrected chi connectivity index (χ0v) is 20.6. The first-order valence-corrected chi connectivity index (χ1v) is 11.9. The van der Waals surface area contributed by atoms with E-state index in [1.165, 1.54) is 6.33 Å². The van der Waals surface area contributed by atoms with Crippen LogP contribution < -0.4 is 25.2 Å². The molecule has 5 rings (SSSR count). The van der Waals surface area contributed by atoms with E-state index in [1.807, 2.05) is 23.1 Å². The van der Waals surface area contributed by atoms with E-state index in [4.69, 9.17) is 9.47 Å². The Morgan fingerprint density at radius 3 is 2.64 bits per heavy atom. The lowest BCUT2D eigenvalue weighted by molar-refractivity contribution is -0.383. The lowest BCUT2D eigenvalue weighted by atomic mass is 10.1. The molecular weight excluding hydrogens is 534 g/mol. The van der Waals surface area contributed by atoms with Gasteiger partial charge in [-0.2, -0.15) is 0 Å². The SMILES string of the molecule is O=C(NNc1ncnc(N2CCN(Cc3ccc4c(c3)OCO4)CC2)c1[N+](=O)[O-])c1ccccc1Br. The minimum atomic E-state index is -0.540. The highest BCUT2D eigenvalue weighted by Gasteiger charge is 2.30. The summed E-state index contributed by atoms with van der Waals surface area (Å²) in [6.07, 6.45) is 1.24. The van der Waals surface area contributed by atoms with Crippen LogP contribution in [0, 0.1) is 10.1 Å². The molecule has 12 nitrogen and oxygen atoms in total. The van der Waals surface area contributed by atoms with Gasteiger partial charge in [0.2, 0.25) is 18.4 Å². The Labute approximate surface area is 214 Å². The number of hydrogen-bond acceptors (Lipinski definition) is 10. The van der Waals surface area contributed by atoms with Crippen molar-refractivity contribution in [3.63, 3.8) is 0 Å². The van der Waals surface area contributed by atoms with Crippen LogP contribution in [0.3, 0.4) is 0 Å². The highest BCUT2D eigenvalue weighted by molar-refractivity contribution is 9.10. The molecule has 2 aliphatic rings. The van der Waals surface area contributed by atoms with Gasteiger partial charge in [-0.1, -0.05) is 18.2 Å². The molecule has 0 unspecified atom stereocenters. The molecule has 0 radical (unpaired) electrons. The summed E-state index contributed by atoms with van der Waals surface area (Å²) in [6.45, 7) is 3.44. The van der Waals surface area contributed by atoms with E-state index >= 15 is 0 Å². The molecule has 0 bridgehead atoms. The van der Waals surface area contributed by atoms with E-state index in [1.54, 1.807) is 24.3 Å². The van der Waals surface area contributed by atoms with Crippen molar-refractivity contribution in [1.82, 2.24) is 20.3 Å². The number of fused-ring (bicyclic) bond motifs is 1. The van der Waals surface area contributed by atoms with E-state index in [0.29, 0.717) is 36.2 Å². The monoisotopic (exact) mass is 555 g/mol. The van der Waals surface area contributed by atoms with E-state index in [0.717, 1.165) is 23.6 Å². The number of amides is 1. The summed E-state index contributed by atoms with van der Waals surface area (Å²) in [7, 11) is 0. The Morgan fingerprint density at radius 2 is 1.86 bits per heavy atom. The van der Waals surface area contributed by atoms with Gasteiger partial charge in [-0.25, -0.2) is 9.97 Å². The van der Waals surface area contributed by atoms with Crippen LogP contribution in [-0.4, -0.2) is 58.7 Å². The van der Waals surface area contributed by atoms with Crippen molar-refractivity contribution in [2.75, 3.05) is 43.3 Å². The Bertz CT molecular complexity index is 1300. The largest absolute Gasteiger partial charge is 0.454 e. The second-order valence-electron chi connectivity index (χ2n) is 8.16. The van der Waals surface area contributed by atoms with E-state index in [-0.39, 0.29) is 24.1 Å². The zero-order chi connectivity index (χ0) is 25.1. The van der Waals surface area contributed by atoms with Crippen molar-refractivity contribution >= 4 is 39.2 Å². The number of benzene rings is 2. The van der Waals surface area contributed by atoms with E-state index in [2.05, 4.69) is 41.6 Å². The third-order valence-electron chi connectivity index (χ3n) is 5.91. The van der Waals surface area contributed by atoms with Crippen LogP contribution in [-0.2, 0) is 6.54 Å². The normalized spacial score (nSPS) is 15.0. The number of aromatic nitrogens is 2. The highest BCUT2D eigenvalue weighted by atomic mass is 79.9. The first kappa shape index (κ1) is 23.8. The fourth-order valence-corrected chi connectivity index (χ4v) is 4.57. The number of nitrogens with zero attached hydrogens (tertiary/aromatic N) is 5. The van der Waals surface area contributed by atoms with E-state index in [9.17, 15) is 14.9 Å². The number of nitro groups is 1. The van der Waals surface area contributed by atoms with Crippen molar-refractivity contribution < 1.29 is 19.2 Å². The topological polar surface area (TPSA) is 135 Å². The molecule has 1 aromatic heterocycles. The average molecular weight is 556 g/mol. The Kier molecular flexibility index (Phi) is 6.82. The van der Waals surface area contributed by atoms with Crippen molar-refractivity contribution in [2.24, 2.45) is 0 Å². The predicted molar refractivity (Wildman–Crippen MR) is 134 cm³/mol. The highest BCUT2D eigenvalue weighted by Crippen LogP contribution is 2.34. The zero-order valence-electron chi connectivity index (χ0n) is 19.0. The minimum absolute atomic E-state index is 0.0896. The summed E-state index contributed by atoms with van der Waals surface area (Å²) >= 11 is 3.32. The molecule has 1 fully saturated rings. The summed E-state index contributed by atoms with van der Waals surface area (Å²) in [4.78, 5) is 36.2. The summed E-state index contributed by atoms with van der Waals surface area (Å²) < 4.78 is 11.4. The first-order chi connectivity index (χ1) is 17.5. The third-order valence-corrected chi connectivity index (χ3v) is 6.60. The number of piperazine rings is 1. The maximum Gasteiger partial charge on any atom is 0.355 e. The summed E-state index contributed by atoms with van der Waals surface area (Å²) in [5.41, 5.74) is 6.25. The third kappa shape index (κ3) is 5.02. The number of ether oxygens (including phenoxy) is 2. The molecule has 3 heterocycles. The van der Waals surface area contributed by atoms with Crippen molar-refractivity contribution in [3.8, 4) is 11.5 Å². The van der Waals surface area contributed by atoms with Crippen LogP contribution in [0.5, 0.6) is 11.5 Å². The number of carbonyl (C=O) groups is 1. The van der Waals surface area contributed by atoms with Gasteiger partial charge >= 0.3 is 5.69 Å². The molecule has 2 aromatic carbocycles. The maximum absolute atomic E-state index is 12.5. The van der Waals surface area contributed by atoms with Gasteiger partial charge in [0.15, 0.2) is 11.5 Å². The van der Waals surface area contributed by atoms with Crippen LogP contribution in [0.15, 0.2) is 53.3 Å². The Hall–Kier alpha value is -3.97. The number of rotatable bonds is 7. The number of carbonyl (C=O) groups excluding carboxylic acids is 1. The van der Waals surface area contributed by atoms with Crippen molar-refractivity contribution in [3.05, 3.63) is 74.5 Å². The van der Waals surface area contributed by atoms with Crippen LogP contribution in [0.25, 0.3) is 0 Å². The van der Waals surface area contributed by atoms with Crippen molar-refractivity contribution in [1.29, 1.82) is 0 Å². The lowest BCUT2D eigenvalue weighted by Gasteiger charge is -2.35. The Balaban J connectivity index is 1.25. The number of halogens is 1. The maximum atomic E-state index is 12.5. The van der Waals surface area contributed by atoms with Crippen LogP contribution >= 0.6 is 15.9 Å². The molecule has 0 saturated carbocycles. The minimum Gasteiger partial charge on any atom is -0.454 e. The van der Waals surface area contributed by atoms with Gasteiger partial charge < -0.3 is 14.4 Å². The molecule has 1 amide bonds. The number of hydrogen-bond donors (Lipinski definition) is 2. The molecule has 3 aromatic rings. The lowest BCUT2D eigenvalue weighted by Crippen LogP contribution is -2.46. The molecule has 0 spiro atoms. The molecule has 186 valence electrons. The number of anilines is 2. The fourth-order valence-electron chi connectivity index (χ4n) is 4.10. The molecular formula is C23H22BrN7O5. The quantitative estimate of drug-likeness (QED) is 0.330. The average Bonchev–Trinajstić information content (AvgIpc) is 3.36. The molecule has 2 N–H and O–H groups in total. The Morgan fingerprint density at radius 1 is 1.08 bits per heavy atom. The second-order valence-corrected chi connectivity index (χ2v) is 9.02. The van der Waals surface area contributed by atoms with Crippen LogP contribution in [0.2, 0.25) is 0 Å². The van der Waals surface area contributed by atoms with Gasteiger partial charge in [0.05, 0.1) is 10.5 Å². The predicted octanol–water partition coefficient (Wildman–Crippen LogP) is 2.96. The van der Waals surface area contributed by atoms with Gasteiger partial charge in [0.25, 0.3) is 5.91 Å². The summed E-state index contributed by atoms with van der Waals surface area (Å²) in [5, 5.41) is 12.0. The molecule has 1 saturated heterocycles. The first-order valence-electron chi connectivity index (χ1n) is 11.2. The summed E-state index contributed by atoms with van der Waals surface area (Å²) in [5.74, 6) is 1.14. The fraction of sp³-hybridized carbons (Fsp3) is 0.261. The van der Waals surface area contributed by atoms with Crippen LogP contribution in [0.1, 0.15) is 15.9 Å². The van der Waals surface area contributed by atoms with Gasteiger partial charge in [0.1, 0.15) is 6.33 Å². The molecule has 13 heteroatoms. The standard InChI is InChI=1S/C23H22BrN7O5/c24-17-4-2-1-3-16(17)23(32)28-27-21-20(31(33)34)22(26-13-25-21)30-9-7-29(8-10-30)12-15-5-6-18-19(11-15)36-14-35-18/h1-6,11,13H,7-10,12,14H2,(H,28,32)(H,25,26,27). The van der Waals surface area contributed by atoms with Crippen molar-refractivity contribution in [2.45, 2.75) is 6.54 Å². The molecule has 0 aliphatic carbocycles. The number of nitrogens with one attached hydrogen (secondary N) is 2.